The van der Waals surface area contributed by atoms with E-state index in [1.807, 2.05) is 47.6 Å². The predicted molar refractivity (Wildman–Crippen MR) is 155 cm³/mol. The lowest BCUT2D eigenvalue weighted by Crippen LogP contribution is -2.50. The van der Waals surface area contributed by atoms with Crippen LogP contribution in [0, 0.1) is 23.7 Å². The number of esters is 1. The van der Waals surface area contributed by atoms with Gasteiger partial charge in [-0.2, -0.15) is 0 Å². The van der Waals surface area contributed by atoms with E-state index in [1.54, 1.807) is 0 Å². The van der Waals surface area contributed by atoms with Crippen molar-refractivity contribution in [2.75, 3.05) is 18.5 Å². The van der Waals surface area contributed by atoms with Crippen molar-refractivity contribution in [3.8, 4) is 0 Å². The number of benzene rings is 1. The molecule has 8 nitrogen and oxygen atoms in total. The Morgan fingerprint density at radius 1 is 1.07 bits per heavy atom. The van der Waals surface area contributed by atoms with Crippen molar-refractivity contribution in [3.05, 3.63) is 30.0 Å². The van der Waals surface area contributed by atoms with Crippen molar-refractivity contribution < 1.29 is 23.5 Å². The molecular weight excluding hydrogens is 523 g/mol. The van der Waals surface area contributed by atoms with E-state index in [1.165, 1.54) is 19.3 Å². The van der Waals surface area contributed by atoms with Gasteiger partial charge >= 0.3 is 5.97 Å². The van der Waals surface area contributed by atoms with Crippen molar-refractivity contribution in [1.29, 1.82) is 0 Å². The quantitative estimate of drug-likeness (QED) is 0.459. The number of halogens is 1. The number of rotatable bonds is 6. The molecule has 0 unspecified atom stereocenters. The normalized spacial score (nSPS) is 28.9. The molecule has 6 rings (SSSR count). The van der Waals surface area contributed by atoms with Crippen molar-refractivity contribution >= 4 is 34.4 Å². The largest absolute Gasteiger partial charge is 0.434 e. The monoisotopic (exact) mass is 566 g/mol. The van der Waals surface area contributed by atoms with Crippen LogP contribution in [0.1, 0.15) is 88.5 Å². The van der Waals surface area contributed by atoms with Crippen molar-refractivity contribution in [3.63, 3.8) is 0 Å². The van der Waals surface area contributed by atoms with E-state index in [2.05, 4.69) is 5.32 Å². The molecule has 4 aliphatic rings. The molecule has 1 aromatic carbocycles. The number of aromatic nitrogens is 1. The van der Waals surface area contributed by atoms with Gasteiger partial charge in [0.15, 0.2) is 5.72 Å². The minimum absolute atomic E-state index is 0.0655. The number of carbonyl (C=O) groups is 3. The summed E-state index contributed by atoms with van der Waals surface area (Å²) in [4.78, 5) is 42.2. The lowest BCUT2D eigenvalue weighted by Gasteiger charge is -2.36. The van der Waals surface area contributed by atoms with E-state index >= 15 is 0 Å². The highest BCUT2D eigenvalue weighted by atomic mass is 19.1. The van der Waals surface area contributed by atoms with Gasteiger partial charge in [0.05, 0.1) is 5.52 Å². The number of cyclic esters (lactones) is 1. The summed E-state index contributed by atoms with van der Waals surface area (Å²) in [5.74, 6) is 0.152. The van der Waals surface area contributed by atoms with Crippen LogP contribution in [0.4, 0.5) is 10.1 Å². The van der Waals surface area contributed by atoms with E-state index in [9.17, 15) is 18.8 Å². The number of hydrogen-bond donors (Lipinski definition) is 2. The molecule has 222 valence electrons. The number of ether oxygens (including phenoxy) is 1. The van der Waals surface area contributed by atoms with Gasteiger partial charge in [0.2, 0.25) is 11.8 Å². The fourth-order valence-corrected chi connectivity index (χ4v) is 8.17. The lowest BCUT2D eigenvalue weighted by atomic mass is 9.76. The van der Waals surface area contributed by atoms with Gasteiger partial charge in [-0.3, -0.25) is 14.2 Å². The number of nitrogens with zero attached hydrogens (tertiary/aromatic N) is 2. The molecule has 2 saturated carbocycles. The highest BCUT2D eigenvalue weighted by molar-refractivity contribution is 6.02. The van der Waals surface area contributed by atoms with Crippen LogP contribution in [0.3, 0.4) is 0 Å². The summed E-state index contributed by atoms with van der Waals surface area (Å²) < 4.78 is 20.5. The second-order valence-corrected chi connectivity index (χ2v) is 13.2. The molecule has 3 fully saturated rings. The van der Waals surface area contributed by atoms with Gasteiger partial charge in [0.1, 0.15) is 18.4 Å². The summed E-state index contributed by atoms with van der Waals surface area (Å²) >= 11 is 0. The zero-order valence-corrected chi connectivity index (χ0v) is 24.2. The van der Waals surface area contributed by atoms with Gasteiger partial charge in [-0.15, -0.1) is 0 Å². The van der Waals surface area contributed by atoms with E-state index in [0.29, 0.717) is 36.7 Å². The number of fused-ring (bicyclic) bond motifs is 3. The highest BCUT2D eigenvalue weighted by Crippen LogP contribution is 2.42. The first-order valence-corrected chi connectivity index (χ1v) is 15.5. The number of nitrogens with two attached hydrogens (primary N) is 1. The summed E-state index contributed by atoms with van der Waals surface area (Å²) in [6, 6.07) is 6.52. The third kappa shape index (κ3) is 5.15. The number of anilines is 1. The average Bonchev–Trinajstić information content (AvgIpc) is 3.65. The second kappa shape index (κ2) is 11.0. The Labute approximate surface area is 241 Å². The van der Waals surface area contributed by atoms with Crippen LogP contribution in [0.25, 0.3) is 10.9 Å². The number of amides is 2. The van der Waals surface area contributed by atoms with Crippen LogP contribution in [-0.4, -0.2) is 52.6 Å². The zero-order valence-electron chi connectivity index (χ0n) is 24.2. The van der Waals surface area contributed by atoms with Crippen LogP contribution < -0.4 is 11.1 Å². The van der Waals surface area contributed by atoms with Gasteiger partial charge < -0.3 is 20.7 Å². The molecule has 3 N–H and O–H groups in total. The zero-order chi connectivity index (χ0) is 28.9. The average molecular weight is 567 g/mol. The number of hydrogen-bond acceptors (Lipinski definition) is 5. The van der Waals surface area contributed by atoms with Crippen LogP contribution in [0.2, 0.25) is 0 Å². The molecular formula is C32H43FN4O4. The Balaban J connectivity index is 1.22. The van der Waals surface area contributed by atoms with E-state index < -0.39 is 24.5 Å². The maximum atomic E-state index is 14.0. The molecule has 2 aliphatic heterocycles. The van der Waals surface area contributed by atoms with Gasteiger partial charge in [0.25, 0.3) is 0 Å². The third-order valence-corrected chi connectivity index (χ3v) is 10.3. The Hall–Kier alpha value is -2.94. The van der Waals surface area contributed by atoms with Gasteiger partial charge in [-0.25, -0.2) is 9.18 Å². The SMILES string of the molecule is CC1(C)OC(=O)c2cc3cc(NC(=O)[C@@H]4[C@H](C5CCCCC5)CCN4C(=O)C4CCC([C@H](N)CF)CC4)ccc3n21. The minimum atomic E-state index is -0.771. The van der Waals surface area contributed by atoms with Crippen molar-refractivity contribution in [2.24, 2.45) is 29.4 Å². The molecule has 1 saturated heterocycles. The van der Waals surface area contributed by atoms with Crippen molar-refractivity contribution in [1.82, 2.24) is 9.47 Å². The van der Waals surface area contributed by atoms with E-state index in [0.717, 1.165) is 43.0 Å². The molecule has 2 aromatic rings. The molecule has 41 heavy (non-hydrogen) atoms. The first kappa shape index (κ1) is 28.2. The minimum Gasteiger partial charge on any atom is -0.434 e. The second-order valence-electron chi connectivity index (χ2n) is 13.2. The standard InChI is InChI=1S/C32H43FN4O4/c1-32(2)37-26-13-12-23(16-22(26)17-27(37)31(40)41-32)35-29(38)28-24(19-6-4-3-5-7-19)14-15-36(28)30(39)21-10-8-20(9-11-21)25(34)18-33/h12-13,16-17,19-21,24-25,28H,3-11,14-15,18,34H2,1-2H3,(H,35,38)/t20?,21?,24-,25+,28-/m0/s1. The number of likely N-dealkylation sites (tertiary alicyclic amines) is 1. The number of carbonyl (C=O) groups excluding carboxylic acids is 3. The summed E-state index contributed by atoms with van der Waals surface area (Å²) in [5, 5.41) is 4.00. The first-order chi connectivity index (χ1) is 19.7. The van der Waals surface area contributed by atoms with Crippen LogP contribution >= 0.6 is 0 Å². The Morgan fingerprint density at radius 3 is 2.51 bits per heavy atom. The smallest absolute Gasteiger partial charge is 0.357 e. The van der Waals surface area contributed by atoms with Crippen LogP contribution in [0.5, 0.6) is 0 Å². The number of alkyl halides is 1. The molecule has 0 bridgehead atoms. The predicted octanol–water partition coefficient (Wildman–Crippen LogP) is 5.34. The molecule has 2 amide bonds. The van der Waals surface area contributed by atoms with Gasteiger partial charge in [-0.1, -0.05) is 32.1 Å². The fourth-order valence-electron chi connectivity index (χ4n) is 8.17. The summed E-state index contributed by atoms with van der Waals surface area (Å²) in [6.45, 7) is 3.79. The maximum Gasteiger partial charge on any atom is 0.357 e. The van der Waals surface area contributed by atoms with Gasteiger partial charge in [-0.05, 0) is 88.0 Å². The molecule has 0 radical (unpaired) electrons. The Kier molecular flexibility index (Phi) is 7.59. The highest BCUT2D eigenvalue weighted by Gasteiger charge is 2.47. The first-order valence-electron chi connectivity index (χ1n) is 15.5. The summed E-state index contributed by atoms with van der Waals surface area (Å²) in [7, 11) is 0. The summed E-state index contributed by atoms with van der Waals surface area (Å²) in [6.07, 6.45) is 9.56. The lowest BCUT2D eigenvalue weighted by molar-refractivity contribution is -0.142. The summed E-state index contributed by atoms with van der Waals surface area (Å²) in [5.41, 5.74) is 7.21. The Morgan fingerprint density at radius 2 is 1.80 bits per heavy atom. The molecule has 3 heterocycles. The molecule has 9 heteroatoms. The molecule has 2 aliphatic carbocycles. The Bertz CT molecular complexity index is 1320. The number of nitrogens with one attached hydrogen (secondary N) is 1. The fraction of sp³-hybridized carbons (Fsp3) is 0.656. The third-order valence-electron chi connectivity index (χ3n) is 10.3. The maximum absolute atomic E-state index is 14.0. The van der Waals surface area contributed by atoms with E-state index in [-0.39, 0.29) is 35.5 Å². The van der Waals surface area contributed by atoms with Gasteiger partial charge in [0, 0.05) is 29.6 Å². The topological polar surface area (TPSA) is 107 Å². The molecule has 0 spiro atoms. The van der Waals surface area contributed by atoms with Crippen LogP contribution in [0.15, 0.2) is 24.3 Å². The van der Waals surface area contributed by atoms with Crippen molar-refractivity contribution in [2.45, 2.75) is 95.9 Å². The van der Waals surface area contributed by atoms with Crippen LogP contribution in [-0.2, 0) is 20.1 Å². The molecule has 3 atom stereocenters. The molecule has 1 aromatic heterocycles. The van der Waals surface area contributed by atoms with E-state index in [4.69, 9.17) is 10.5 Å².